The van der Waals surface area contributed by atoms with Crippen LogP contribution in [0.25, 0.3) is 5.57 Å². The molecule has 0 spiro atoms. The number of esters is 1. The van der Waals surface area contributed by atoms with Gasteiger partial charge in [-0.3, -0.25) is 4.79 Å². The van der Waals surface area contributed by atoms with Crippen LogP contribution in [-0.2, 0) is 16.0 Å². The molecule has 0 aliphatic carbocycles. The predicted octanol–water partition coefficient (Wildman–Crippen LogP) is 5.13. The van der Waals surface area contributed by atoms with Crippen LogP contribution in [0.15, 0.2) is 72.5 Å². The van der Waals surface area contributed by atoms with Gasteiger partial charge in [0.2, 0.25) is 0 Å². The molecule has 2 aromatic rings. The van der Waals surface area contributed by atoms with Gasteiger partial charge in [-0.2, -0.15) is 0 Å². The number of amides is 1. The van der Waals surface area contributed by atoms with Gasteiger partial charge in [0.1, 0.15) is 11.8 Å². The number of nitrogens with one attached hydrogen (secondary N) is 1. The topological polar surface area (TPSA) is 78.9 Å². The number of nitrogens with zero attached hydrogens (tertiary/aromatic N) is 1. The number of benzene rings is 2. The van der Waals surface area contributed by atoms with Crippen molar-refractivity contribution < 1.29 is 19.4 Å². The van der Waals surface area contributed by atoms with Crippen LogP contribution >= 0.6 is 11.6 Å². The van der Waals surface area contributed by atoms with Crippen molar-refractivity contribution in [3.63, 3.8) is 0 Å². The minimum Gasteiger partial charge on any atom is -0.507 e. The molecule has 1 atom stereocenters. The lowest BCUT2D eigenvalue weighted by atomic mass is 9.96. The van der Waals surface area contributed by atoms with Crippen molar-refractivity contribution in [3.8, 4) is 5.75 Å². The second kappa shape index (κ2) is 12.3. The number of phenolic OH excluding ortho intramolecular Hbond substituents is 1. The van der Waals surface area contributed by atoms with E-state index in [1.54, 1.807) is 0 Å². The largest absolute Gasteiger partial charge is 0.507 e. The molecule has 1 heterocycles. The van der Waals surface area contributed by atoms with Crippen molar-refractivity contribution in [2.75, 3.05) is 20.2 Å². The van der Waals surface area contributed by atoms with Gasteiger partial charge in [-0.1, -0.05) is 60.2 Å². The van der Waals surface area contributed by atoms with E-state index in [2.05, 4.69) is 41.4 Å². The van der Waals surface area contributed by atoms with Gasteiger partial charge in [-0.15, -0.1) is 0 Å². The van der Waals surface area contributed by atoms with Gasteiger partial charge in [0.25, 0.3) is 5.91 Å². The Bertz CT molecular complexity index is 1130. The van der Waals surface area contributed by atoms with Crippen molar-refractivity contribution in [2.45, 2.75) is 32.7 Å². The number of aromatic hydroxyl groups is 1. The van der Waals surface area contributed by atoms with Gasteiger partial charge in [0.05, 0.1) is 17.7 Å². The fourth-order valence-electron chi connectivity index (χ4n) is 4.11. The maximum Gasteiger partial charge on any atom is 0.328 e. The molecule has 6 nitrogen and oxygen atoms in total. The first kappa shape index (κ1) is 26.1. The molecule has 35 heavy (non-hydrogen) atoms. The van der Waals surface area contributed by atoms with Gasteiger partial charge in [0, 0.05) is 25.2 Å². The Morgan fingerprint density at radius 2 is 1.94 bits per heavy atom. The highest BCUT2D eigenvalue weighted by Crippen LogP contribution is 2.26. The SMILES string of the molecule is C/C=C\C(=C/C)N1CC=C(c2ccc(CC(NC(=O)c3c(O)cccc3Cl)C(=O)OC)cc2)CC1. The zero-order valence-electron chi connectivity index (χ0n) is 20.3. The molecule has 7 heteroatoms. The van der Waals surface area contributed by atoms with Crippen LogP contribution < -0.4 is 5.32 Å². The number of rotatable bonds is 8. The van der Waals surface area contributed by atoms with E-state index in [0.29, 0.717) is 0 Å². The van der Waals surface area contributed by atoms with Crippen LogP contribution in [0.5, 0.6) is 5.75 Å². The summed E-state index contributed by atoms with van der Waals surface area (Å²) in [5.41, 5.74) is 4.44. The molecule has 0 saturated carbocycles. The lowest BCUT2D eigenvalue weighted by Crippen LogP contribution is -2.43. The fraction of sp³-hybridized carbons (Fsp3) is 0.286. The van der Waals surface area contributed by atoms with E-state index in [9.17, 15) is 14.7 Å². The molecule has 0 bridgehead atoms. The Labute approximate surface area is 211 Å². The average Bonchev–Trinajstić information content (AvgIpc) is 2.87. The smallest absolute Gasteiger partial charge is 0.328 e. The highest BCUT2D eigenvalue weighted by Gasteiger charge is 2.25. The number of carbonyl (C=O) groups is 2. The van der Waals surface area contributed by atoms with E-state index in [0.717, 1.165) is 30.6 Å². The molecule has 1 amide bonds. The Hall–Kier alpha value is -3.51. The van der Waals surface area contributed by atoms with Crippen molar-refractivity contribution in [2.24, 2.45) is 0 Å². The molecule has 1 unspecified atom stereocenters. The Morgan fingerprint density at radius 3 is 2.51 bits per heavy atom. The summed E-state index contributed by atoms with van der Waals surface area (Å²) in [6.45, 7) is 5.87. The summed E-state index contributed by atoms with van der Waals surface area (Å²) in [5, 5.41) is 12.8. The molecule has 0 aromatic heterocycles. The molecular formula is C28H31ClN2O4. The second-order valence-electron chi connectivity index (χ2n) is 8.22. The summed E-state index contributed by atoms with van der Waals surface area (Å²) in [4.78, 5) is 27.4. The normalized spacial score (nSPS) is 15.0. The van der Waals surface area contributed by atoms with E-state index < -0.39 is 17.9 Å². The number of halogens is 1. The Morgan fingerprint density at radius 1 is 1.20 bits per heavy atom. The molecule has 3 rings (SSSR count). The molecule has 184 valence electrons. The third-order valence-corrected chi connectivity index (χ3v) is 6.30. The third-order valence-electron chi connectivity index (χ3n) is 5.98. The Kier molecular flexibility index (Phi) is 9.15. The number of ether oxygens (including phenoxy) is 1. The van der Waals surface area contributed by atoms with Crippen molar-refractivity contribution >= 4 is 29.1 Å². The molecule has 0 fully saturated rings. The van der Waals surface area contributed by atoms with Gasteiger partial charge in [-0.25, -0.2) is 4.79 Å². The van der Waals surface area contributed by atoms with Gasteiger partial charge < -0.3 is 20.1 Å². The maximum absolute atomic E-state index is 12.7. The fourth-order valence-corrected chi connectivity index (χ4v) is 4.37. The van der Waals surface area contributed by atoms with Gasteiger partial charge >= 0.3 is 5.97 Å². The maximum atomic E-state index is 12.7. The van der Waals surface area contributed by atoms with Crippen molar-refractivity contribution in [3.05, 3.63) is 94.2 Å². The summed E-state index contributed by atoms with van der Waals surface area (Å²) in [5.74, 6) is -1.48. The summed E-state index contributed by atoms with van der Waals surface area (Å²) in [7, 11) is 1.27. The lowest BCUT2D eigenvalue weighted by Gasteiger charge is -2.29. The van der Waals surface area contributed by atoms with Crippen LogP contribution in [0.1, 0.15) is 41.8 Å². The molecule has 1 aliphatic rings. The lowest BCUT2D eigenvalue weighted by molar-refractivity contribution is -0.142. The quantitative estimate of drug-likeness (QED) is 0.393. The van der Waals surface area contributed by atoms with E-state index in [4.69, 9.17) is 16.3 Å². The first-order chi connectivity index (χ1) is 16.9. The molecule has 2 N–H and O–H groups in total. The van der Waals surface area contributed by atoms with E-state index in [-0.39, 0.29) is 22.8 Å². The Balaban J connectivity index is 1.70. The number of allylic oxidation sites excluding steroid dienone is 3. The summed E-state index contributed by atoms with van der Waals surface area (Å²) in [6.07, 6.45) is 9.73. The predicted molar refractivity (Wildman–Crippen MR) is 139 cm³/mol. The first-order valence-corrected chi connectivity index (χ1v) is 11.9. The third kappa shape index (κ3) is 6.55. The molecule has 1 aliphatic heterocycles. The summed E-state index contributed by atoms with van der Waals surface area (Å²) in [6, 6.07) is 11.5. The highest BCUT2D eigenvalue weighted by molar-refractivity contribution is 6.34. The van der Waals surface area contributed by atoms with Crippen LogP contribution in [0.2, 0.25) is 5.02 Å². The zero-order chi connectivity index (χ0) is 25.4. The van der Waals surface area contributed by atoms with Crippen LogP contribution in [-0.4, -0.2) is 48.1 Å². The van der Waals surface area contributed by atoms with Crippen molar-refractivity contribution in [1.29, 1.82) is 0 Å². The number of methoxy groups -OCH3 is 1. The molecule has 0 radical (unpaired) electrons. The molecule has 0 saturated heterocycles. The number of hydrogen-bond acceptors (Lipinski definition) is 5. The minimum atomic E-state index is -0.928. The van der Waals surface area contributed by atoms with Crippen LogP contribution in [0.4, 0.5) is 0 Å². The monoisotopic (exact) mass is 494 g/mol. The second-order valence-corrected chi connectivity index (χ2v) is 8.63. The first-order valence-electron chi connectivity index (χ1n) is 11.6. The zero-order valence-corrected chi connectivity index (χ0v) is 21.0. The van der Waals surface area contributed by atoms with Crippen LogP contribution in [0.3, 0.4) is 0 Å². The number of hydrogen-bond donors (Lipinski definition) is 2. The summed E-state index contributed by atoms with van der Waals surface area (Å²) >= 11 is 6.07. The van der Waals surface area contributed by atoms with Gasteiger partial charge in [-0.05, 0) is 55.2 Å². The minimum absolute atomic E-state index is 0.0767. The summed E-state index contributed by atoms with van der Waals surface area (Å²) < 4.78 is 4.88. The average molecular weight is 495 g/mol. The molecule has 2 aromatic carbocycles. The molecular weight excluding hydrogens is 464 g/mol. The van der Waals surface area contributed by atoms with Crippen LogP contribution in [0, 0.1) is 0 Å². The van der Waals surface area contributed by atoms with E-state index in [1.807, 2.05) is 31.2 Å². The highest BCUT2D eigenvalue weighted by atomic mass is 35.5. The van der Waals surface area contributed by atoms with E-state index in [1.165, 1.54) is 36.6 Å². The van der Waals surface area contributed by atoms with Gasteiger partial charge in [0.15, 0.2) is 0 Å². The number of phenols is 1. The number of carbonyl (C=O) groups excluding carboxylic acids is 2. The van der Waals surface area contributed by atoms with Crippen molar-refractivity contribution in [1.82, 2.24) is 10.2 Å². The standard InChI is InChI=1S/C28H31ClN2O4/c1-4-7-22(5-2)31-16-14-21(15-17-31)20-12-10-19(11-13-20)18-24(28(34)35-3)30-27(33)26-23(29)8-6-9-25(26)32/h4-14,24,32H,15-18H2,1-3H3,(H,30,33)/b7-4-,22-5+. The van der Waals surface area contributed by atoms with E-state index >= 15 is 0 Å².